The molecule has 2 fully saturated rings. The van der Waals surface area contributed by atoms with Gasteiger partial charge in [-0.1, -0.05) is 48.5 Å². The van der Waals surface area contributed by atoms with Gasteiger partial charge in [0.1, 0.15) is 6.61 Å². The van der Waals surface area contributed by atoms with Crippen LogP contribution >= 0.6 is 0 Å². The molecule has 5 rings (SSSR count). The summed E-state index contributed by atoms with van der Waals surface area (Å²) in [6, 6.07) is 22.3. The SMILES string of the molecule is Nc1ccccc1NC(=O)c1ccc(CNC(=O)OCc2ccc(C3CC3NCC(=O)N3CCOCC3)cc2)cc1. The summed E-state index contributed by atoms with van der Waals surface area (Å²) < 4.78 is 10.7. The molecule has 2 atom stereocenters. The Balaban J connectivity index is 0.995. The molecule has 1 heterocycles. The van der Waals surface area contributed by atoms with Crippen molar-refractivity contribution in [3.8, 4) is 0 Å². The van der Waals surface area contributed by atoms with E-state index in [2.05, 4.69) is 28.1 Å². The number of morpholine rings is 1. The summed E-state index contributed by atoms with van der Waals surface area (Å²) in [4.78, 5) is 38.9. The Labute approximate surface area is 239 Å². The molecule has 10 nitrogen and oxygen atoms in total. The highest BCUT2D eigenvalue weighted by Crippen LogP contribution is 2.40. The van der Waals surface area contributed by atoms with Crippen LogP contribution in [-0.2, 0) is 27.4 Å². The summed E-state index contributed by atoms with van der Waals surface area (Å²) in [5.74, 6) is 0.249. The van der Waals surface area contributed by atoms with Gasteiger partial charge in [0, 0.05) is 37.2 Å². The molecule has 41 heavy (non-hydrogen) atoms. The van der Waals surface area contributed by atoms with Gasteiger partial charge in [0.25, 0.3) is 5.91 Å². The van der Waals surface area contributed by atoms with Crippen molar-refractivity contribution in [1.82, 2.24) is 15.5 Å². The summed E-state index contributed by atoms with van der Waals surface area (Å²) in [5, 5.41) is 8.89. The lowest BCUT2D eigenvalue weighted by atomic mass is 10.1. The molecule has 2 unspecified atom stereocenters. The average Bonchev–Trinajstić information content (AvgIpc) is 3.79. The van der Waals surface area contributed by atoms with Crippen molar-refractivity contribution < 1.29 is 23.9 Å². The van der Waals surface area contributed by atoms with Gasteiger partial charge in [-0.2, -0.15) is 0 Å². The van der Waals surface area contributed by atoms with Crippen LogP contribution in [0.5, 0.6) is 0 Å². The highest BCUT2D eigenvalue weighted by Gasteiger charge is 2.38. The van der Waals surface area contributed by atoms with E-state index in [9.17, 15) is 14.4 Å². The van der Waals surface area contributed by atoms with Crippen LogP contribution in [0.2, 0.25) is 0 Å². The van der Waals surface area contributed by atoms with Crippen LogP contribution in [0.25, 0.3) is 0 Å². The maximum atomic E-state index is 12.5. The number of ether oxygens (including phenoxy) is 2. The second-order valence-corrected chi connectivity index (χ2v) is 10.2. The first-order chi connectivity index (χ1) is 20.0. The normalized spacial score (nSPS) is 17.9. The lowest BCUT2D eigenvalue weighted by molar-refractivity contribution is -0.134. The third-order valence-corrected chi connectivity index (χ3v) is 7.31. The van der Waals surface area contributed by atoms with Gasteiger partial charge in [0.15, 0.2) is 0 Å². The molecule has 0 aromatic heterocycles. The summed E-state index contributed by atoms with van der Waals surface area (Å²) in [6.45, 7) is 3.33. The molecule has 3 aromatic carbocycles. The molecule has 2 aliphatic rings. The Hall–Kier alpha value is -4.41. The maximum Gasteiger partial charge on any atom is 0.407 e. The van der Waals surface area contributed by atoms with Crippen LogP contribution in [-0.4, -0.2) is 61.7 Å². The van der Waals surface area contributed by atoms with Crippen LogP contribution in [0.4, 0.5) is 16.2 Å². The highest BCUT2D eigenvalue weighted by atomic mass is 16.5. The predicted molar refractivity (Wildman–Crippen MR) is 155 cm³/mol. The van der Waals surface area contributed by atoms with Crippen molar-refractivity contribution in [1.29, 1.82) is 0 Å². The first-order valence-corrected chi connectivity index (χ1v) is 13.8. The third kappa shape index (κ3) is 7.84. The smallest absolute Gasteiger partial charge is 0.407 e. The van der Waals surface area contributed by atoms with Crippen LogP contribution < -0.4 is 21.7 Å². The molecular formula is C31H35N5O5. The lowest BCUT2D eigenvalue weighted by Crippen LogP contribution is -2.45. The van der Waals surface area contributed by atoms with Crippen LogP contribution in [0.1, 0.15) is 39.4 Å². The zero-order valence-corrected chi connectivity index (χ0v) is 22.8. The zero-order chi connectivity index (χ0) is 28.6. The van der Waals surface area contributed by atoms with Crippen molar-refractivity contribution in [3.05, 3.63) is 95.1 Å². The minimum atomic E-state index is -0.521. The number of hydrogen-bond donors (Lipinski definition) is 4. The second-order valence-electron chi connectivity index (χ2n) is 10.2. The number of nitrogens with zero attached hydrogens (tertiary/aromatic N) is 1. The van der Waals surface area contributed by atoms with Gasteiger partial charge >= 0.3 is 6.09 Å². The van der Waals surface area contributed by atoms with Gasteiger partial charge in [-0.25, -0.2) is 4.79 Å². The molecule has 0 radical (unpaired) electrons. The fraction of sp³-hybridized carbons (Fsp3) is 0.323. The van der Waals surface area contributed by atoms with Gasteiger partial charge < -0.3 is 36.1 Å². The van der Waals surface area contributed by atoms with E-state index in [1.54, 1.807) is 48.5 Å². The molecule has 1 aliphatic heterocycles. The first-order valence-electron chi connectivity index (χ1n) is 13.8. The molecule has 1 saturated heterocycles. The van der Waals surface area contributed by atoms with Crippen molar-refractivity contribution in [3.63, 3.8) is 0 Å². The number of alkyl carbamates (subject to hydrolysis) is 1. The van der Waals surface area contributed by atoms with E-state index in [1.807, 2.05) is 17.0 Å². The molecule has 10 heteroatoms. The molecule has 3 amide bonds. The number of para-hydroxylation sites is 2. The standard InChI is InChI=1S/C31H35N5O5/c32-26-3-1-2-4-27(26)35-30(38)24-11-5-21(6-12-24)18-34-31(39)41-20-22-7-9-23(10-8-22)25-17-28(25)33-19-29(37)36-13-15-40-16-14-36/h1-12,25,28,33H,13-20,32H2,(H,34,39)(H,35,38). The Morgan fingerprint density at radius 1 is 0.927 bits per heavy atom. The minimum absolute atomic E-state index is 0.124. The zero-order valence-electron chi connectivity index (χ0n) is 22.8. The van der Waals surface area contributed by atoms with Crippen LogP contribution in [0.15, 0.2) is 72.8 Å². The summed E-state index contributed by atoms with van der Waals surface area (Å²) in [7, 11) is 0. The number of nitrogens with two attached hydrogens (primary N) is 1. The van der Waals surface area contributed by atoms with E-state index in [4.69, 9.17) is 15.2 Å². The number of anilines is 2. The van der Waals surface area contributed by atoms with E-state index in [0.29, 0.717) is 61.7 Å². The number of benzene rings is 3. The Kier molecular flexibility index (Phi) is 9.12. The Morgan fingerprint density at radius 2 is 1.63 bits per heavy atom. The third-order valence-electron chi connectivity index (χ3n) is 7.31. The van der Waals surface area contributed by atoms with Crippen molar-refractivity contribution >= 4 is 29.3 Å². The average molecular weight is 558 g/mol. The molecular weight excluding hydrogens is 522 g/mol. The highest BCUT2D eigenvalue weighted by molar-refractivity contribution is 6.05. The quantitative estimate of drug-likeness (QED) is 0.281. The second kappa shape index (κ2) is 13.3. The van der Waals surface area contributed by atoms with E-state index >= 15 is 0 Å². The molecule has 1 saturated carbocycles. The van der Waals surface area contributed by atoms with Crippen molar-refractivity contribution in [2.24, 2.45) is 0 Å². The van der Waals surface area contributed by atoms with Crippen molar-refractivity contribution in [2.45, 2.75) is 31.5 Å². The van der Waals surface area contributed by atoms with Crippen molar-refractivity contribution in [2.75, 3.05) is 43.9 Å². The molecule has 0 bridgehead atoms. The molecule has 1 aliphatic carbocycles. The lowest BCUT2D eigenvalue weighted by Gasteiger charge is -2.27. The van der Waals surface area contributed by atoms with E-state index in [0.717, 1.165) is 17.5 Å². The number of carbonyl (C=O) groups is 3. The molecule has 3 aromatic rings. The largest absolute Gasteiger partial charge is 0.445 e. The maximum absolute atomic E-state index is 12.5. The van der Waals surface area contributed by atoms with Gasteiger partial charge in [0.05, 0.1) is 31.1 Å². The van der Waals surface area contributed by atoms with Gasteiger partial charge in [0.2, 0.25) is 5.91 Å². The molecule has 5 N–H and O–H groups in total. The number of hydrogen-bond acceptors (Lipinski definition) is 7. The van der Waals surface area contributed by atoms with Gasteiger partial charge in [-0.3, -0.25) is 9.59 Å². The number of amides is 3. The van der Waals surface area contributed by atoms with E-state index in [1.165, 1.54) is 5.56 Å². The fourth-order valence-electron chi connectivity index (χ4n) is 4.75. The molecule has 214 valence electrons. The Morgan fingerprint density at radius 3 is 2.37 bits per heavy atom. The summed E-state index contributed by atoms with van der Waals surface area (Å²) >= 11 is 0. The topological polar surface area (TPSA) is 135 Å². The van der Waals surface area contributed by atoms with Gasteiger partial charge in [-0.05, 0) is 47.4 Å². The number of nitrogen functional groups attached to an aromatic ring is 1. The number of rotatable bonds is 10. The predicted octanol–water partition coefficient (Wildman–Crippen LogP) is 3.25. The van der Waals surface area contributed by atoms with E-state index in [-0.39, 0.29) is 25.0 Å². The fourth-order valence-corrected chi connectivity index (χ4v) is 4.75. The molecule has 0 spiro atoms. The summed E-state index contributed by atoms with van der Waals surface area (Å²) in [5.41, 5.74) is 10.4. The van der Waals surface area contributed by atoms with Gasteiger partial charge in [-0.15, -0.1) is 0 Å². The monoisotopic (exact) mass is 557 g/mol. The first kappa shape index (κ1) is 28.1. The Bertz CT molecular complexity index is 1360. The number of carbonyl (C=O) groups excluding carboxylic acids is 3. The van der Waals surface area contributed by atoms with Crippen LogP contribution in [0, 0.1) is 0 Å². The summed E-state index contributed by atoms with van der Waals surface area (Å²) in [6.07, 6.45) is 0.480. The van der Waals surface area contributed by atoms with E-state index < -0.39 is 6.09 Å². The number of nitrogens with one attached hydrogen (secondary N) is 3. The minimum Gasteiger partial charge on any atom is -0.445 e. The van der Waals surface area contributed by atoms with Crippen LogP contribution in [0.3, 0.4) is 0 Å².